The number of nitrogens with zero attached hydrogens (tertiary/aromatic N) is 1. The molecular formula is C16H16F2N2O. The van der Waals surface area contributed by atoms with E-state index in [1.807, 2.05) is 12.1 Å². The van der Waals surface area contributed by atoms with Gasteiger partial charge in [0.15, 0.2) is 0 Å². The highest BCUT2D eigenvalue weighted by atomic mass is 19.3. The number of ether oxygens (including phenoxy) is 1. The lowest BCUT2D eigenvalue weighted by Gasteiger charge is -2.22. The summed E-state index contributed by atoms with van der Waals surface area (Å²) in [6, 6.07) is 10.2. The van der Waals surface area contributed by atoms with Crippen LogP contribution in [0.5, 0.6) is 5.75 Å². The first-order valence-electron chi connectivity index (χ1n) is 6.90. The number of pyridine rings is 1. The molecule has 0 saturated carbocycles. The molecule has 3 nitrogen and oxygen atoms in total. The maximum absolute atomic E-state index is 12.5. The molecule has 2 unspecified atom stereocenters. The van der Waals surface area contributed by atoms with Gasteiger partial charge in [-0.15, -0.1) is 0 Å². The van der Waals surface area contributed by atoms with Gasteiger partial charge in [-0.3, -0.25) is 4.98 Å². The highest BCUT2D eigenvalue weighted by molar-refractivity contribution is 5.40. The van der Waals surface area contributed by atoms with Crippen LogP contribution in [0.4, 0.5) is 8.78 Å². The van der Waals surface area contributed by atoms with Crippen molar-refractivity contribution in [2.45, 2.75) is 31.4 Å². The monoisotopic (exact) mass is 290 g/mol. The fourth-order valence-electron chi connectivity index (χ4n) is 2.97. The van der Waals surface area contributed by atoms with E-state index < -0.39 is 12.7 Å². The number of halogens is 2. The molecule has 3 rings (SSSR count). The molecule has 0 amide bonds. The lowest BCUT2D eigenvalue weighted by Crippen LogP contribution is -2.20. The molecule has 2 N–H and O–H groups in total. The number of nitrogens with two attached hydrogens (primary N) is 1. The van der Waals surface area contributed by atoms with Crippen molar-refractivity contribution in [2.24, 2.45) is 5.73 Å². The molecule has 2 atom stereocenters. The molecule has 21 heavy (non-hydrogen) atoms. The summed E-state index contributed by atoms with van der Waals surface area (Å²) >= 11 is 0. The molecule has 0 fully saturated rings. The van der Waals surface area contributed by atoms with Gasteiger partial charge < -0.3 is 10.5 Å². The average molecular weight is 290 g/mol. The second-order valence-electron chi connectivity index (χ2n) is 5.14. The Morgan fingerprint density at radius 2 is 2.00 bits per heavy atom. The molecular weight excluding hydrogens is 274 g/mol. The number of rotatable bonds is 4. The average Bonchev–Trinajstić information content (AvgIpc) is 2.90. The molecule has 1 aromatic carbocycles. The maximum Gasteiger partial charge on any atom is 0.387 e. The second kappa shape index (κ2) is 5.77. The van der Waals surface area contributed by atoms with Crippen molar-refractivity contribution in [1.82, 2.24) is 4.98 Å². The molecule has 1 aliphatic rings. The van der Waals surface area contributed by atoms with E-state index in [2.05, 4.69) is 9.72 Å². The van der Waals surface area contributed by atoms with Crippen molar-refractivity contribution in [3.63, 3.8) is 0 Å². The first kappa shape index (κ1) is 13.9. The van der Waals surface area contributed by atoms with E-state index in [9.17, 15) is 8.78 Å². The van der Waals surface area contributed by atoms with Gasteiger partial charge in [-0.25, -0.2) is 0 Å². The third-order valence-electron chi connectivity index (χ3n) is 3.93. The van der Waals surface area contributed by atoms with Gasteiger partial charge in [-0.05, 0) is 30.5 Å². The number of para-hydroxylation sites is 1. The molecule has 5 heteroatoms. The van der Waals surface area contributed by atoms with Crippen LogP contribution < -0.4 is 10.5 Å². The number of aromatic nitrogens is 1. The quantitative estimate of drug-likeness (QED) is 0.938. The summed E-state index contributed by atoms with van der Waals surface area (Å²) < 4.78 is 29.6. The van der Waals surface area contributed by atoms with Gasteiger partial charge in [0.25, 0.3) is 0 Å². The minimum atomic E-state index is -2.85. The number of hydrogen-bond acceptors (Lipinski definition) is 3. The Hall–Kier alpha value is -2.01. The second-order valence-corrected chi connectivity index (χ2v) is 5.14. The van der Waals surface area contributed by atoms with Gasteiger partial charge in [0.2, 0.25) is 0 Å². The van der Waals surface area contributed by atoms with Crippen LogP contribution in [0.2, 0.25) is 0 Å². The Morgan fingerprint density at radius 3 is 2.81 bits per heavy atom. The van der Waals surface area contributed by atoms with Crippen LogP contribution in [0.3, 0.4) is 0 Å². The minimum absolute atomic E-state index is 0.0311. The van der Waals surface area contributed by atoms with E-state index in [1.54, 1.807) is 24.4 Å². The zero-order valence-corrected chi connectivity index (χ0v) is 11.4. The van der Waals surface area contributed by atoms with E-state index in [1.165, 1.54) is 11.6 Å². The Balaban J connectivity index is 1.91. The Bertz CT molecular complexity index is 633. The van der Waals surface area contributed by atoms with Gasteiger partial charge >= 0.3 is 6.61 Å². The topological polar surface area (TPSA) is 48.1 Å². The predicted octanol–water partition coefficient (Wildman–Crippen LogP) is 3.41. The van der Waals surface area contributed by atoms with Gasteiger partial charge in [-0.1, -0.05) is 24.3 Å². The molecule has 2 aromatic rings. The standard InChI is InChI=1S/C16H16F2N2O/c17-16(18)21-13-6-2-1-5-11(13)14(19)12-8-7-10-4-3-9-20-15(10)12/h1-6,9,12,14,16H,7-8,19H2. The third kappa shape index (κ3) is 2.74. The summed E-state index contributed by atoms with van der Waals surface area (Å²) in [7, 11) is 0. The molecule has 0 saturated heterocycles. The highest BCUT2D eigenvalue weighted by Crippen LogP contribution is 2.41. The summed E-state index contributed by atoms with van der Waals surface area (Å²) in [6.45, 7) is -2.85. The lowest BCUT2D eigenvalue weighted by molar-refractivity contribution is -0.0506. The van der Waals surface area contributed by atoms with Crippen molar-refractivity contribution in [1.29, 1.82) is 0 Å². The fraction of sp³-hybridized carbons (Fsp3) is 0.312. The summed E-state index contributed by atoms with van der Waals surface area (Å²) in [5.74, 6) is 0.174. The maximum atomic E-state index is 12.5. The Kier molecular flexibility index (Phi) is 3.84. The van der Waals surface area contributed by atoms with Crippen LogP contribution in [-0.2, 0) is 6.42 Å². The van der Waals surface area contributed by atoms with Crippen molar-refractivity contribution in [2.75, 3.05) is 0 Å². The van der Waals surface area contributed by atoms with E-state index in [-0.39, 0.29) is 11.7 Å². The van der Waals surface area contributed by atoms with E-state index in [4.69, 9.17) is 5.73 Å². The third-order valence-corrected chi connectivity index (χ3v) is 3.93. The van der Waals surface area contributed by atoms with Crippen LogP contribution in [0.15, 0.2) is 42.6 Å². The van der Waals surface area contributed by atoms with Crippen LogP contribution in [0.1, 0.15) is 35.2 Å². The number of alkyl halides is 2. The Labute approximate surface area is 121 Å². The SMILES string of the molecule is NC(c1ccccc1OC(F)F)C1CCc2cccnc21. The fourth-order valence-corrected chi connectivity index (χ4v) is 2.97. The normalized spacial score (nSPS) is 18.6. The van der Waals surface area contributed by atoms with Crippen LogP contribution in [-0.4, -0.2) is 11.6 Å². The zero-order chi connectivity index (χ0) is 14.8. The molecule has 1 aromatic heterocycles. The Morgan fingerprint density at radius 1 is 1.19 bits per heavy atom. The molecule has 110 valence electrons. The lowest BCUT2D eigenvalue weighted by atomic mass is 9.91. The summed E-state index contributed by atoms with van der Waals surface area (Å²) in [6.07, 6.45) is 3.53. The number of fused-ring (bicyclic) bond motifs is 1. The van der Waals surface area contributed by atoms with Gasteiger partial charge in [-0.2, -0.15) is 8.78 Å². The number of benzene rings is 1. The first-order chi connectivity index (χ1) is 10.2. The first-order valence-corrected chi connectivity index (χ1v) is 6.90. The molecule has 0 aliphatic heterocycles. The summed E-state index contributed by atoms with van der Waals surface area (Å²) in [5.41, 5.74) is 9.08. The van der Waals surface area contributed by atoms with Crippen molar-refractivity contribution in [3.05, 3.63) is 59.4 Å². The number of aryl methyl sites for hydroxylation is 1. The van der Waals surface area contributed by atoms with Crippen LogP contribution in [0, 0.1) is 0 Å². The van der Waals surface area contributed by atoms with Crippen molar-refractivity contribution < 1.29 is 13.5 Å². The largest absolute Gasteiger partial charge is 0.434 e. The molecule has 0 spiro atoms. The molecule has 1 aliphatic carbocycles. The van der Waals surface area contributed by atoms with Gasteiger partial charge in [0.05, 0.1) is 0 Å². The summed E-state index contributed by atoms with van der Waals surface area (Å²) in [4.78, 5) is 4.41. The van der Waals surface area contributed by atoms with Crippen molar-refractivity contribution in [3.8, 4) is 5.75 Å². The summed E-state index contributed by atoms with van der Waals surface area (Å²) in [5, 5.41) is 0. The molecule has 1 heterocycles. The van der Waals surface area contributed by atoms with E-state index in [0.29, 0.717) is 5.56 Å². The van der Waals surface area contributed by atoms with Gasteiger partial charge in [0.1, 0.15) is 5.75 Å². The molecule has 0 bridgehead atoms. The van der Waals surface area contributed by atoms with E-state index in [0.717, 1.165) is 18.5 Å². The number of hydrogen-bond donors (Lipinski definition) is 1. The smallest absolute Gasteiger partial charge is 0.387 e. The highest BCUT2D eigenvalue weighted by Gasteiger charge is 2.31. The van der Waals surface area contributed by atoms with E-state index >= 15 is 0 Å². The van der Waals surface area contributed by atoms with Crippen LogP contribution >= 0.6 is 0 Å². The van der Waals surface area contributed by atoms with Crippen LogP contribution in [0.25, 0.3) is 0 Å². The predicted molar refractivity (Wildman–Crippen MR) is 75.3 cm³/mol. The zero-order valence-electron chi connectivity index (χ0n) is 11.4. The van der Waals surface area contributed by atoms with Crippen molar-refractivity contribution >= 4 is 0 Å². The minimum Gasteiger partial charge on any atom is -0.434 e. The van der Waals surface area contributed by atoms with Gasteiger partial charge in [0, 0.05) is 29.4 Å². The molecule has 0 radical (unpaired) electrons.